The van der Waals surface area contributed by atoms with Gasteiger partial charge in [-0.05, 0) is 24.3 Å². The highest BCUT2D eigenvalue weighted by atomic mass is 16.3. The number of benzene rings is 2. The third-order valence-electron chi connectivity index (χ3n) is 4.22. The molecule has 0 saturated carbocycles. The van der Waals surface area contributed by atoms with Crippen LogP contribution in [0.4, 0.5) is 21.0 Å². The molecule has 12 heteroatoms. The molecule has 0 spiro atoms. The molecule has 12 nitrogen and oxygen atoms in total. The van der Waals surface area contributed by atoms with E-state index in [0.717, 1.165) is 24.3 Å². The van der Waals surface area contributed by atoms with E-state index in [0.29, 0.717) is 10.0 Å². The number of carbonyl (C=O) groups excluding carboxylic acids is 4. The molecular formula is C16H14N6O6. The van der Waals surface area contributed by atoms with Gasteiger partial charge in [0, 0.05) is 0 Å². The normalized spacial score (nSPS) is 12.2. The van der Waals surface area contributed by atoms with Crippen LogP contribution in [0, 0.1) is 0 Å². The van der Waals surface area contributed by atoms with Crippen molar-refractivity contribution in [1.82, 2.24) is 0 Å². The van der Waals surface area contributed by atoms with Crippen LogP contribution in [-0.4, -0.2) is 33.8 Å². The first-order chi connectivity index (χ1) is 13.1. The van der Waals surface area contributed by atoms with Crippen LogP contribution in [0.3, 0.4) is 0 Å². The quantitative estimate of drug-likeness (QED) is 0.189. The van der Waals surface area contributed by atoms with Crippen molar-refractivity contribution in [2.45, 2.75) is 0 Å². The zero-order valence-electron chi connectivity index (χ0n) is 14.0. The van der Waals surface area contributed by atoms with Crippen LogP contribution in [0.15, 0.2) is 24.3 Å². The van der Waals surface area contributed by atoms with Gasteiger partial charge in [0.25, 0.3) is 0 Å². The average molecular weight is 386 g/mol. The Morgan fingerprint density at radius 2 is 1.00 bits per heavy atom. The van der Waals surface area contributed by atoms with Crippen molar-refractivity contribution in [1.29, 1.82) is 0 Å². The van der Waals surface area contributed by atoms with E-state index in [1.54, 1.807) is 0 Å². The Bertz CT molecular complexity index is 1000. The van der Waals surface area contributed by atoms with Gasteiger partial charge in [-0.25, -0.2) is 31.3 Å². The number of amides is 4. The number of nitrogens with zero attached hydrogens (tertiary/aromatic N) is 2. The van der Waals surface area contributed by atoms with E-state index in [1.165, 1.54) is 0 Å². The topological polar surface area (TPSA) is 219 Å². The van der Waals surface area contributed by atoms with Crippen LogP contribution < -0.4 is 33.2 Å². The van der Waals surface area contributed by atoms with Crippen molar-refractivity contribution in [3.05, 3.63) is 46.5 Å². The number of nitrogens with two attached hydrogens (primary N) is 4. The Kier molecular flexibility index (Phi) is 4.14. The number of phenols is 2. The first kappa shape index (κ1) is 18.6. The molecule has 0 aromatic heterocycles. The minimum atomic E-state index is -1.15. The number of hydrazine groups is 2. The van der Waals surface area contributed by atoms with Gasteiger partial charge < -0.3 is 21.7 Å². The van der Waals surface area contributed by atoms with Crippen LogP contribution in [0.5, 0.6) is 11.5 Å². The molecule has 10 N–H and O–H groups in total. The molecule has 2 aromatic carbocycles. The van der Waals surface area contributed by atoms with Crippen molar-refractivity contribution < 1.29 is 29.4 Å². The van der Waals surface area contributed by atoms with E-state index in [9.17, 15) is 29.4 Å². The lowest BCUT2D eigenvalue weighted by atomic mass is 9.81. The Labute approximate surface area is 156 Å². The second-order valence-electron chi connectivity index (χ2n) is 5.78. The first-order valence-electron chi connectivity index (χ1n) is 7.57. The third kappa shape index (κ3) is 2.48. The lowest BCUT2D eigenvalue weighted by Gasteiger charge is -2.27. The highest BCUT2D eigenvalue weighted by Crippen LogP contribution is 2.43. The van der Waals surface area contributed by atoms with Crippen LogP contribution >= 0.6 is 0 Å². The first-order valence-corrected chi connectivity index (χ1v) is 7.57. The fourth-order valence-electron chi connectivity index (χ4n) is 2.97. The molecule has 0 atom stereocenters. The maximum absolute atomic E-state index is 13.2. The van der Waals surface area contributed by atoms with Gasteiger partial charge in [0.15, 0.2) is 5.78 Å². The molecule has 3 rings (SSSR count). The Morgan fingerprint density at radius 3 is 1.32 bits per heavy atom. The maximum atomic E-state index is 13.2. The minimum absolute atomic E-state index is 0.277. The lowest BCUT2D eigenvalue weighted by molar-refractivity contribution is 0.0975. The molecule has 0 radical (unpaired) electrons. The predicted octanol–water partition coefficient (Wildman–Crippen LogP) is -0.609. The summed E-state index contributed by atoms with van der Waals surface area (Å²) in [4.78, 5) is 49.1. The smallest absolute Gasteiger partial charge is 0.333 e. The molecule has 0 heterocycles. The van der Waals surface area contributed by atoms with Gasteiger partial charge in [-0.3, -0.25) is 9.59 Å². The molecule has 1 aliphatic carbocycles. The number of ketones is 2. The number of hydrogen-bond acceptors (Lipinski definition) is 8. The molecule has 0 aliphatic heterocycles. The summed E-state index contributed by atoms with van der Waals surface area (Å²) in [6.07, 6.45) is 0. The lowest BCUT2D eigenvalue weighted by Crippen LogP contribution is -2.44. The zero-order chi connectivity index (χ0) is 20.9. The van der Waals surface area contributed by atoms with E-state index >= 15 is 0 Å². The number of primary amides is 2. The molecule has 144 valence electrons. The van der Waals surface area contributed by atoms with E-state index in [1.807, 2.05) is 0 Å². The van der Waals surface area contributed by atoms with Crippen molar-refractivity contribution in [3.63, 3.8) is 0 Å². The minimum Gasteiger partial charge on any atom is -0.507 e. The summed E-state index contributed by atoms with van der Waals surface area (Å²) in [6, 6.07) is 1.98. The van der Waals surface area contributed by atoms with Gasteiger partial charge in [0.05, 0.1) is 33.6 Å². The Hall–Kier alpha value is -4.16. The van der Waals surface area contributed by atoms with Crippen LogP contribution in [-0.2, 0) is 0 Å². The number of carbonyl (C=O) groups is 4. The molecule has 0 bridgehead atoms. The number of hydrogen-bond donors (Lipinski definition) is 6. The van der Waals surface area contributed by atoms with E-state index in [-0.39, 0.29) is 11.4 Å². The van der Waals surface area contributed by atoms with Gasteiger partial charge >= 0.3 is 12.1 Å². The molecular weight excluding hydrogens is 372 g/mol. The zero-order valence-corrected chi connectivity index (χ0v) is 14.0. The number of urea groups is 2. The summed E-state index contributed by atoms with van der Waals surface area (Å²) in [5.74, 6) is 8.05. The van der Waals surface area contributed by atoms with Gasteiger partial charge in [-0.1, -0.05) is 0 Å². The number of aromatic hydroxyl groups is 2. The van der Waals surface area contributed by atoms with E-state index in [4.69, 9.17) is 23.2 Å². The monoisotopic (exact) mass is 386 g/mol. The summed E-state index contributed by atoms with van der Waals surface area (Å²) in [7, 11) is 0. The summed E-state index contributed by atoms with van der Waals surface area (Å²) in [5.41, 5.74) is 7.80. The Balaban J connectivity index is 2.40. The van der Waals surface area contributed by atoms with E-state index in [2.05, 4.69) is 0 Å². The fraction of sp³-hybridized carbons (Fsp3) is 0. The summed E-state index contributed by atoms with van der Waals surface area (Å²) in [5, 5.41) is 21.1. The molecule has 1 aliphatic rings. The average Bonchev–Trinajstić information content (AvgIpc) is 2.64. The SMILES string of the molecule is NC(=O)N(N)c1ccc(O)c2c1C(=O)c1c(N(N)C(N)=O)ccc(O)c1C2=O. The number of rotatable bonds is 2. The molecule has 2 aromatic rings. The molecule has 4 amide bonds. The highest BCUT2D eigenvalue weighted by molar-refractivity contribution is 6.34. The van der Waals surface area contributed by atoms with Crippen LogP contribution in [0.25, 0.3) is 0 Å². The Morgan fingerprint density at radius 1 is 0.679 bits per heavy atom. The second kappa shape index (κ2) is 6.22. The van der Waals surface area contributed by atoms with Crippen LogP contribution in [0.1, 0.15) is 31.8 Å². The summed E-state index contributed by atoms with van der Waals surface area (Å²) in [6.45, 7) is 0. The van der Waals surface area contributed by atoms with Crippen molar-refractivity contribution in [2.24, 2.45) is 23.2 Å². The molecule has 0 unspecified atom stereocenters. The highest BCUT2D eigenvalue weighted by Gasteiger charge is 2.40. The second-order valence-corrected chi connectivity index (χ2v) is 5.78. The van der Waals surface area contributed by atoms with Gasteiger partial charge in [-0.15, -0.1) is 0 Å². The van der Waals surface area contributed by atoms with Gasteiger partial charge in [0.2, 0.25) is 5.78 Å². The standard InChI is InChI=1S/C16H14N6O6/c17-15(27)21(19)5-1-3-7(23)11-9(5)13(25)10-6(22(20)16(18)28)2-4-8(24)12(10)14(11)26/h1-4,23-24H,19-20H2,(H2,17,27)(H2,18,28). The number of phenolic OH excluding ortho intramolecular Hbond substituents is 2. The predicted molar refractivity (Wildman–Crippen MR) is 95.6 cm³/mol. The van der Waals surface area contributed by atoms with Crippen LogP contribution in [0.2, 0.25) is 0 Å². The number of fused-ring (bicyclic) bond motifs is 2. The number of anilines is 2. The summed E-state index contributed by atoms with van der Waals surface area (Å²) >= 11 is 0. The molecule has 0 fully saturated rings. The van der Waals surface area contributed by atoms with Gasteiger partial charge in [0.1, 0.15) is 11.5 Å². The molecule has 28 heavy (non-hydrogen) atoms. The van der Waals surface area contributed by atoms with Crippen molar-refractivity contribution in [3.8, 4) is 11.5 Å². The summed E-state index contributed by atoms with van der Waals surface area (Å²) < 4.78 is 0. The van der Waals surface area contributed by atoms with Crippen molar-refractivity contribution in [2.75, 3.05) is 10.0 Å². The third-order valence-corrected chi connectivity index (χ3v) is 4.22. The maximum Gasteiger partial charge on any atom is 0.333 e. The van der Waals surface area contributed by atoms with Gasteiger partial charge in [-0.2, -0.15) is 0 Å². The van der Waals surface area contributed by atoms with Crippen molar-refractivity contribution >= 4 is 35.0 Å². The molecule has 0 saturated heterocycles. The fourth-order valence-corrected chi connectivity index (χ4v) is 2.97. The van der Waals surface area contributed by atoms with E-state index < -0.39 is 57.4 Å². The largest absolute Gasteiger partial charge is 0.507 e.